The summed E-state index contributed by atoms with van der Waals surface area (Å²) in [7, 11) is -3.09. The first-order valence-corrected chi connectivity index (χ1v) is 13.7. The van der Waals surface area contributed by atoms with Crippen LogP contribution in [0.15, 0.2) is 24.3 Å². The van der Waals surface area contributed by atoms with Crippen molar-refractivity contribution >= 4 is 15.9 Å². The van der Waals surface area contributed by atoms with E-state index in [0.717, 1.165) is 38.8 Å². The number of hydrogen-bond donors (Lipinski definition) is 1. The van der Waals surface area contributed by atoms with Crippen molar-refractivity contribution in [1.82, 2.24) is 14.5 Å². The Morgan fingerprint density at radius 2 is 1.88 bits per heavy atom. The number of rotatable bonds is 9. The maximum atomic E-state index is 12.5. The molecule has 0 aromatic heterocycles. The normalized spacial score (nSPS) is 21.6. The van der Waals surface area contributed by atoms with E-state index in [9.17, 15) is 13.2 Å². The zero-order valence-electron chi connectivity index (χ0n) is 19.8. The summed E-state index contributed by atoms with van der Waals surface area (Å²) in [5.74, 6) is 1.19. The molecular formula is C24H39N3O4S. The van der Waals surface area contributed by atoms with Crippen LogP contribution in [0.2, 0.25) is 0 Å². The second-order valence-corrected chi connectivity index (χ2v) is 11.5. The fraction of sp³-hybridized carbons (Fsp3) is 0.708. The van der Waals surface area contributed by atoms with Crippen LogP contribution in [0.5, 0.6) is 5.75 Å². The highest BCUT2D eigenvalue weighted by atomic mass is 32.2. The van der Waals surface area contributed by atoms with Gasteiger partial charge >= 0.3 is 0 Å². The molecule has 3 rings (SSSR count). The van der Waals surface area contributed by atoms with E-state index in [4.69, 9.17) is 4.74 Å². The summed E-state index contributed by atoms with van der Waals surface area (Å²) in [6, 6.07) is 7.94. The quantitative estimate of drug-likeness (QED) is 0.606. The lowest BCUT2D eigenvalue weighted by atomic mass is 9.95. The van der Waals surface area contributed by atoms with Crippen LogP contribution < -0.4 is 10.1 Å². The van der Waals surface area contributed by atoms with Crippen LogP contribution in [0.25, 0.3) is 0 Å². The first-order chi connectivity index (χ1) is 15.3. The second-order valence-electron chi connectivity index (χ2n) is 9.38. The number of carbonyl (C=O) groups excluding carboxylic acids is 1. The Morgan fingerprint density at radius 1 is 1.16 bits per heavy atom. The van der Waals surface area contributed by atoms with Gasteiger partial charge in [-0.15, -0.1) is 0 Å². The topological polar surface area (TPSA) is 79.0 Å². The van der Waals surface area contributed by atoms with Gasteiger partial charge in [-0.3, -0.25) is 9.69 Å². The minimum atomic E-state index is -3.09. The van der Waals surface area contributed by atoms with E-state index in [1.165, 1.54) is 0 Å². The molecule has 0 saturated carbocycles. The van der Waals surface area contributed by atoms with Crippen LogP contribution in [-0.2, 0) is 10.0 Å². The summed E-state index contributed by atoms with van der Waals surface area (Å²) in [4.78, 5) is 15.0. The molecule has 1 atom stereocenters. The highest BCUT2D eigenvalue weighted by Crippen LogP contribution is 2.26. The van der Waals surface area contributed by atoms with E-state index in [0.29, 0.717) is 49.4 Å². The SMILES string of the molecule is CCCS(=O)(=O)N1CCC(N2CCCC(COc3ccccc3C(=O)NC(C)C)C2)CC1. The number of para-hydroxylation sites is 1. The van der Waals surface area contributed by atoms with Crippen molar-refractivity contribution in [2.45, 2.75) is 65.0 Å². The maximum absolute atomic E-state index is 12.5. The van der Waals surface area contributed by atoms with E-state index >= 15 is 0 Å². The molecule has 2 aliphatic rings. The molecule has 8 heteroatoms. The molecule has 2 fully saturated rings. The van der Waals surface area contributed by atoms with Crippen LogP contribution in [0.3, 0.4) is 0 Å². The van der Waals surface area contributed by atoms with Crippen LogP contribution in [0.4, 0.5) is 0 Å². The molecule has 0 bridgehead atoms. The van der Waals surface area contributed by atoms with E-state index in [-0.39, 0.29) is 17.7 Å². The first kappa shape index (κ1) is 25.0. The van der Waals surface area contributed by atoms with Crippen LogP contribution >= 0.6 is 0 Å². The van der Waals surface area contributed by atoms with Gasteiger partial charge in [0.2, 0.25) is 10.0 Å². The molecule has 1 aromatic rings. The fourth-order valence-corrected chi connectivity index (χ4v) is 6.31. The number of nitrogens with one attached hydrogen (secondary N) is 1. The lowest BCUT2D eigenvalue weighted by molar-refractivity contribution is 0.0708. The van der Waals surface area contributed by atoms with Crippen LogP contribution in [0.1, 0.15) is 63.2 Å². The third kappa shape index (κ3) is 6.68. The molecule has 32 heavy (non-hydrogen) atoms. The van der Waals surface area contributed by atoms with Crippen molar-refractivity contribution in [2.75, 3.05) is 38.5 Å². The highest BCUT2D eigenvalue weighted by molar-refractivity contribution is 7.89. The van der Waals surface area contributed by atoms with E-state index in [1.807, 2.05) is 39.0 Å². The van der Waals surface area contributed by atoms with E-state index < -0.39 is 10.0 Å². The minimum Gasteiger partial charge on any atom is -0.492 e. The van der Waals surface area contributed by atoms with Gasteiger partial charge in [-0.25, -0.2) is 12.7 Å². The zero-order valence-corrected chi connectivity index (χ0v) is 20.6. The molecule has 0 spiro atoms. The van der Waals surface area contributed by atoms with Gasteiger partial charge < -0.3 is 10.1 Å². The summed E-state index contributed by atoms with van der Waals surface area (Å²) in [6.45, 7) is 9.68. The largest absolute Gasteiger partial charge is 0.492 e. The standard InChI is InChI=1S/C24H39N3O4S/c1-4-16-32(29,30)27-14-11-21(12-15-27)26-13-7-8-20(17-26)18-31-23-10-6-5-9-22(23)24(28)25-19(2)3/h5-6,9-10,19-21H,4,7-8,11-18H2,1-3H3,(H,25,28). The molecular weight excluding hydrogens is 426 g/mol. The van der Waals surface area contributed by atoms with Gasteiger partial charge in [0.1, 0.15) is 5.75 Å². The van der Waals surface area contributed by atoms with Gasteiger partial charge in [-0.05, 0) is 64.6 Å². The Labute approximate surface area is 193 Å². The predicted octanol–water partition coefficient (Wildman–Crippen LogP) is 3.12. The van der Waals surface area contributed by atoms with Crippen LogP contribution in [0, 0.1) is 5.92 Å². The lowest BCUT2D eigenvalue weighted by Gasteiger charge is -2.42. The average Bonchev–Trinajstić information content (AvgIpc) is 2.78. The molecule has 2 saturated heterocycles. The molecule has 1 unspecified atom stereocenters. The maximum Gasteiger partial charge on any atom is 0.255 e. The van der Waals surface area contributed by atoms with Crippen molar-refractivity contribution < 1.29 is 17.9 Å². The number of carbonyl (C=O) groups is 1. The van der Waals surface area contributed by atoms with Gasteiger partial charge in [0.25, 0.3) is 5.91 Å². The van der Waals surface area contributed by atoms with Gasteiger partial charge in [-0.1, -0.05) is 19.1 Å². The molecule has 1 aromatic carbocycles. The number of amides is 1. The second kappa shape index (κ2) is 11.5. The van der Waals surface area contributed by atoms with Crippen molar-refractivity contribution in [2.24, 2.45) is 5.92 Å². The van der Waals surface area contributed by atoms with Gasteiger partial charge in [-0.2, -0.15) is 0 Å². The first-order valence-electron chi connectivity index (χ1n) is 12.0. The van der Waals surface area contributed by atoms with Crippen molar-refractivity contribution in [3.8, 4) is 5.75 Å². The summed E-state index contributed by atoms with van der Waals surface area (Å²) in [5.41, 5.74) is 0.578. The molecule has 2 aliphatic heterocycles. The fourth-order valence-electron chi connectivity index (χ4n) is 4.77. The summed E-state index contributed by atoms with van der Waals surface area (Å²) < 4.78 is 32.5. The van der Waals surface area contributed by atoms with Crippen molar-refractivity contribution in [1.29, 1.82) is 0 Å². The number of sulfonamides is 1. The van der Waals surface area contributed by atoms with Gasteiger partial charge in [0.15, 0.2) is 0 Å². The summed E-state index contributed by atoms with van der Waals surface area (Å²) >= 11 is 0. The molecule has 7 nitrogen and oxygen atoms in total. The minimum absolute atomic E-state index is 0.0748. The summed E-state index contributed by atoms with van der Waals surface area (Å²) in [6.07, 6.45) is 4.69. The Morgan fingerprint density at radius 3 is 2.56 bits per heavy atom. The molecule has 1 N–H and O–H groups in total. The van der Waals surface area contributed by atoms with Crippen LogP contribution in [-0.4, -0.2) is 74.2 Å². The van der Waals surface area contributed by atoms with Gasteiger partial charge in [0, 0.05) is 37.6 Å². The molecule has 180 valence electrons. The zero-order chi connectivity index (χ0) is 23.1. The van der Waals surface area contributed by atoms with E-state index in [1.54, 1.807) is 10.4 Å². The third-order valence-electron chi connectivity index (χ3n) is 6.37. The molecule has 0 radical (unpaired) electrons. The lowest BCUT2D eigenvalue weighted by Crippen LogP contribution is -2.50. The predicted molar refractivity (Wildman–Crippen MR) is 128 cm³/mol. The van der Waals surface area contributed by atoms with Gasteiger partial charge in [0.05, 0.1) is 17.9 Å². The number of likely N-dealkylation sites (tertiary alicyclic amines) is 1. The number of ether oxygens (including phenoxy) is 1. The highest BCUT2D eigenvalue weighted by Gasteiger charge is 2.32. The third-order valence-corrected chi connectivity index (χ3v) is 8.45. The molecule has 2 heterocycles. The van der Waals surface area contributed by atoms with Crippen molar-refractivity contribution in [3.05, 3.63) is 29.8 Å². The monoisotopic (exact) mass is 465 g/mol. The Bertz CT molecular complexity index is 851. The molecule has 0 aliphatic carbocycles. The summed E-state index contributed by atoms with van der Waals surface area (Å²) in [5, 5.41) is 2.94. The Hall–Kier alpha value is -1.64. The number of nitrogens with zero attached hydrogens (tertiary/aromatic N) is 2. The van der Waals surface area contributed by atoms with Crippen molar-refractivity contribution in [3.63, 3.8) is 0 Å². The van der Waals surface area contributed by atoms with E-state index in [2.05, 4.69) is 10.2 Å². The Balaban J connectivity index is 1.52. The number of piperidine rings is 2. The Kier molecular flexibility index (Phi) is 8.96. The average molecular weight is 466 g/mol. The number of hydrogen-bond acceptors (Lipinski definition) is 5. The number of benzene rings is 1. The molecule has 1 amide bonds. The smallest absolute Gasteiger partial charge is 0.255 e.